The van der Waals surface area contributed by atoms with Crippen molar-refractivity contribution in [2.45, 2.75) is 24.5 Å². The molecule has 1 fully saturated rings. The van der Waals surface area contributed by atoms with Crippen LogP contribution in [0.4, 0.5) is 0 Å². The molecule has 0 aromatic heterocycles. The fourth-order valence-corrected chi connectivity index (χ4v) is 3.27. The number of benzene rings is 2. The van der Waals surface area contributed by atoms with Crippen LogP contribution in [0.2, 0.25) is 0 Å². The molecule has 0 spiro atoms. The van der Waals surface area contributed by atoms with Crippen molar-refractivity contribution >= 4 is 0 Å². The van der Waals surface area contributed by atoms with Gasteiger partial charge in [0.2, 0.25) is 0 Å². The monoisotopic (exact) mass is 268 g/mol. The second-order valence-corrected chi connectivity index (χ2v) is 5.38. The van der Waals surface area contributed by atoms with Crippen molar-refractivity contribution in [2.75, 3.05) is 6.61 Å². The van der Waals surface area contributed by atoms with Crippen LogP contribution in [0, 0.1) is 0 Å². The number of para-hydroxylation sites is 2. The van der Waals surface area contributed by atoms with Gasteiger partial charge in [-0.15, -0.1) is 0 Å². The Morgan fingerprint density at radius 1 is 0.950 bits per heavy atom. The molecule has 2 aromatic carbocycles. The molecule has 0 bridgehead atoms. The summed E-state index contributed by atoms with van der Waals surface area (Å²) in [4.78, 5) is 0. The standard InChI is InChI=1S/C17H16O3/c18-10-11-9-14-12-5-1-3-7-15(12)20-16-8-4-2-6-13(16)17(14)19-11/h1-8,11,14,17-18H,9-10H2/t11-,14-,17+/m1/s1. The molecule has 1 N–H and O–H groups in total. The summed E-state index contributed by atoms with van der Waals surface area (Å²) < 4.78 is 12.1. The van der Waals surface area contributed by atoms with Gasteiger partial charge in [-0.3, -0.25) is 0 Å². The van der Waals surface area contributed by atoms with Crippen LogP contribution in [0.3, 0.4) is 0 Å². The lowest BCUT2D eigenvalue weighted by Crippen LogP contribution is -2.11. The van der Waals surface area contributed by atoms with Gasteiger partial charge >= 0.3 is 0 Å². The molecule has 0 unspecified atom stereocenters. The van der Waals surface area contributed by atoms with Crippen molar-refractivity contribution in [2.24, 2.45) is 0 Å². The smallest absolute Gasteiger partial charge is 0.133 e. The lowest BCUT2D eigenvalue weighted by molar-refractivity contribution is 0.00836. The maximum atomic E-state index is 9.42. The van der Waals surface area contributed by atoms with Gasteiger partial charge in [0.25, 0.3) is 0 Å². The van der Waals surface area contributed by atoms with Gasteiger partial charge < -0.3 is 14.6 Å². The normalized spacial score (nSPS) is 26.9. The third kappa shape index (κ3) is 1.74. The molecule has 0 amide bonds. The zero-order valence-corrected chi connectivity index (χ0v) is 11.0. The van der Waals surface area contributed by atoms with Crippen LogP contribution in [0.1, 0.15) is 29.6 Å². The fourth-order valence-electron chi connectivity index (χ4n) is 3.27. The first-order valence-electron chi connectivity index (χ1n) is 6.99. The van der Waals surface area contributed by atoms with Gasteiger partial charge in [0.15, 0.2) is 0 Å². The summed E-state index contributed by atoms with van der Waals surface area (Å²) in [7, 11) is 0. The van der Waals surface area contributed by atoms with Gasteiger partial charge in [-0.05, 0) is 18.6 Å². The van der Waals surface area contributed by atoms with Crippen molar-refractivity contribution in [3.63, 3.8) is 0 Å². The molecule has 102 valence electrons. The average Bonchev–Trinajstić information content (AvgIpc) is 2.87. The van der Waals surface area contributed by atoms with E-state index in [1.165, 1.54) is 5.56 Å². The molecule has 4 rings (SSSR count). The summed E-state index contributed by atoms with van der Waals surface area (Å²) in [5, 5.41) is 9.42. The Kier molecular flexibility index (Phi) is 2.76. The minimum Gasteiger partial charge on any atom is -0.457 e. The third-order valence-corrected chi connectivity index (χ3v) is 4.19. The fraction of sp³-hybridized carbons (Fsp3) is 0.294. The van der Waals surface area contributed by atoms with E-state index in [0.29, 0.717) is 0 Å². The number of fused-ring (bicyclic) bond motifs is 5. The molecule has 0 aliphatic carbocycles. The third-order valence-electron chi connectivity index (χ3n) is 4.19. The molecule has 3 atom stereocenters. The molecule has 3 heteroatoms. The quantitative estimate of drug-likeness (QED) is 0.861. The predicted molar refractivity (Wildman–Crippen MR) is 75.0 cm³/mol. The van der Waals surface area contributed by atoms with Gasteiger partial charge in [-0.1, -0.05) is 36.4 Å². The zero-order chi connectivity index (χ0) is 13.5. The molecule has 0 saturated carbocycles. The largest absolute Gasteiger partial charge is 0.457 e. The highest BCUT2D eigenvalue weighted by molar-refractivity contribution is 5.49. The molecule has 20 heavy (non-hydrogen) atoms. The van der Waals surface area contributed by atoms with Gasteiger partial charge in [0, 0.05) is 17.0 Å². The minimum atomic E-state index is -0.0933. The van der Waals surface area contributed by atoms with Gasteiger partial charge in [-0.2, -0.15) is 0 Å². The molecule has 0 radical (unpaired) electrons. The predicted octanol–water partition coefficient (Wildman–Crippen LogP) is 3.40. The van der Waals surface area contributed by atoms with Gasteiger partial charge in [0.05, 0.1) is 18.8 Å². The van der Waals surface area contributed by atoms with Gasteiger partial charge in [-0.25, -0.2) is 0 Å². The molecular formula is C17H16O3. The number of aliphatic hydroxyl groups is 1. The average molecular weight is 268 g/mol. The van der Waals surface area contributed by atoms with E-state index < -0.39 is 0 Å². The lowest BCUT2D eigenvalue weighted by atomic mass is 9.88. The summed E-state index contributed by atoms with van der Waals surface area (Å²) in [5.41, 5.74) is 2.24. The molecule has 1 saturated heterocycles. The second kappa shape index (κ2) is 4.62. The Morgan fingerprint density at radius 2 is 1.60 bits per heavy atom. The minimum absolute atomic E-state index is 0.0352. The highest BCUT2D eigenvalue weighted by Crippen LogP contribution is 2.52. The van der Waals surface area contributed by atoms with E-state index in [1.54, 1.807) is 0 Å². The molecule has 2 aliphatic heterocycles. The Labute approximate surface area is 117 Å². The van der Waals surface area contributed by atoms with Crippen molar-refractivity contribution in [3.8, 4) is 11.5 Å². The van der Waals surface area contributed by atoms with Gasteiger partial charge in [0.1, 0.15) is 11.5 Å². The van der Waals surface area contributed by atoms with E-state index in [1.807, 2.05) is 36.4 Å². The number of ether oxygens (including phenoxy) is 2. The summed E-state index contributed by atoms with van der Waals surface area (Å²) in [6, 6.07) is 16.1. The van der Waals surface area contributed by atoms with Crippen LogP contribution in [0.5, 0.6) is 11.5 Å². The van der Waals surface area contributed by atoms with Crippen molar-refractivity contribution in [3.05, 3.63) is 59.7 Å². The number of hydrogen-bond acceptors (Lipinski definition) is 3. The summed E-state index contributed by atoms with van der Waals surface area (Å²) in [5.74, 6) is 1.99. The summed E-state index contributed by atoms with van der Waals surface area (Å²) >= 11 is 0. The van der Waals surface area contributed by atoms with Crippen LogP contribution in [0.15, 0.2) is 48.5 Å². The second-order valence-electron chi connectivity index (χ2n) is 5.38. The number of hydrogen-bond donors (Lipinski definition) is 1. The first-order chi connectivity index (χ1) is 9.86. The SMILES string of the molecule is OC[C@H]1C[C@@H]2c3ccccc3Oc3ccccc3[C@@H]2O1. The maximum Gasteiger partial charge on any atom is 0.133 e. The molecule has 2 aromatic rings. The van der Waals surface area contributed by atoms with Crippen LogP contribution in [0.25, 0.3) is 0 Å². The zero-order valence-electron chi connectivity index (χ0n) is 11.0. The van der Waals surface area contributed by atoms with Crippen molar-refractivity contribution < 1.29 is 14.6 Å². The van der Waals surface area contributed by atoms with E-state index in [9.17, 15) is 5.11 Å². The Balaban J connectivity index is 1.89. The highest BCUT2D eigenvalue weighted by atomic mass is 16.5. The van der Waals surface area contributed by atoms with Crippen molar-refractivity contribution in [1.82, 2.24) is 0 Å². The van der Waals surface area contributed by atoms with Crippen LogP contribution < -0.4 is 4.74 Å². The molecule has 3 nitrogen and oxygen atoms in total. The first-order valence-corrected chi connectivity index (χ1v) is 6.99. The molecule has 2 heterocycles. The van der Waals surface area contributed by atoms with E-state index in [0.717, 1.165) is 23.5 Å². The topological polar surface area (TPSA) is 38.7 Å². The maximum absolute atomic E-state index is 9.42. The van der Waals surface area contributed by atoms with Crippen LogP contribution in [-0.2, 0) is 4.74 Å². The van der Waals surface area contributed by atoms with E-state index >= 15 is 0 Å². The molecular weight excluding hydrogens is 252 g/mol. The molecule has 2 aliphatic rings. The van der Waals surface area contributed by atoms with E-state index in [4.69, 9.17) is 9.47 Å². The Hall–Kier alpha value is -1.84. The van der Waals surface area contributed by atoms with Crippen LogP contribution >= 0.6 is 0 Å². The van der Waals surface area contributed by atoms with Crippen LogP contribution in [-0.4, -0.2) is 17.8 Å². The number of aliphatic hydroxyl groups excluding tert-OH is 1. The highest BCUT2D eigenvalue weighted by Gasteiger charge is 2.41. The first kappa shape index (κ1) is 11.9. The lowest BCUT2D eigenvalue weighted by Gasteiger charge is -2.17. The van der Waals surface area contributed by atoms with E-state index in [-0.39, 0.29) is 24.7 Å². The Bertz CT molecular complexity index is 584. The summed E-state index contributed by atoms with van der Waals surface area (Å²) in [6.07, 6.45) is 0.701. The summed E-state index contributed by atoms with van der Waals surface area (Å²) in [6.45, 7) is 0.0676. The number of rotatable bonds is 1. The Morgan fingerprint density at radius 3 is 2.35 bits per heavy atom. The van der Waals surface area contributed by atoms with Crippen molar-refractivity contribution in [1.29, 1.82) is 0 Å². The van der Waals surface area contributed by atoms with E-state index in [2.05, 4.69) is 12.1 Å².